The zero-order valence-electron chi connectivity index (χ0n) is 11.0. The van der Waals surface area contributed by atoms with Gasteiger partial charge in [-0.2, -0.15) is 5.26 Å². The van der Waals surface area contributed by atoms with E-state index in [4.69, 9.17) is 5.26 Å². The van der Waals surface area contributed by atoms with Crippen molar-refractivity contribution < 1.29 is 4.79 Å². The van der Waals surface area contributed by atoms with E-state index in [2.05, 4.69) is 36.5 Å². The Kier molecular flexibility index (Phi) is 5.23. The van der Waals surface area contributed by atoms with Gasteiger partial charge in [-0.15, -0.1) is 0 Å². The minimum atomic E-state index is -0.149. The number of rotatable bonds is 5. The fourth-order valence-corrected chi connectivity index (χ4v) is 1.87. The molecule has 106 valence electrons. The highest BCUT2D eigenvalue weighted by Crippen LogP contribution is 2.10. The molecule has 1 aromatic heterocycles. The maximum Gasteiger partial charge on any atom is 0.251 e. The van der Waals surface area contributed by atoms with Crippen LogP contribution in [0.2, 0.25) is 0 Å². The smallest absolute Gasteiger partial charge is 0.251 e. The number of amides is 1. The summed E-state index contributed by atoms with van der Waals surface area (Å²) in [6, 6.07) is 9.05. The van der Waals surface area contributed by atoms with Gasteiger partial charge in [0, 0.05) is 35.5 Å². The van der Waals surface area contributed by atoms with Gasteiger partial charge >= 0.3 is 0 Å². The monoisotopic (exact) mass is 345 g/mol. The number of nitrogens with one attached hydrogen (secondary N) is 2. The average Bonchev–Trinajstić information content (AvgIpc) is 2.52. The molecule has 6 nitrogen and oxygen atoms in total. The Bertz CT molecular complexity index is 666. The van der Waals surface area contributed by atoms with Crippen LogP contribution in [0.5, 0.6) is 0 Å². The maximum absolute atomic E-state index is 11.9. The van der Waals surface area contributed by atoms with E-state index in [9.17, 15) is 4.79 Å². The Morgan fingerprint density at radius 1 is 1.19 bits per heavy atom. The summed E-state index contributed by atoms with van der Waals surface area (Å²) >= 11 is 3.32. The second-order valence-corrected chi connectivity index (χ2v) is 4.97. The number of nitrogens with zero attached hydrogens (tertiary/aromatic N) is 3. The van der Waals surface area contributed by atoms with Crippen molar-refractivity contribution in [3.63, 3.8) is 0 Å². The van der Waals surface area contributed by atoms with E-state index in [0.717, 1.165) is 4.47 Å². The van der Waals surface area contributed by atoms with E-state index in [-0.39, 0.29) is 11.6 Å². The minimum absolute atomic E-state index is 0.149. The second-order valence-electron chi connectivity index (χ2n) is 4.05. The van der Waals surface area contributed by atoms with E-state index in [1.807, 2.05) is 18.2 Å². The number of nitriles is 1. The van der Waals surface area contributed by atoms with Crippen LogP contribution in [-0.2, 0) is 0 Å². The van der Waals surface area contributed by atoms with Crippen LogP contribution in [0.15, 0.2) is 41.1 Å². The first kappa shape index (κ1) is 14.9. The van der Waals surface area contributed by atoms with E-state index in [1.165, 1.54) is 12.4 Å². The Hall–Kier alpha value is -2.46. The molecular formula is C14H12BrN5O. The molecule has 0 fully saturated rings. The Morgan fingerprint density at radius 3 is 2.62 bits per heavy atom. The first-order valence-corrected chi connectivity index (χ1v) is 6.99. The molecule has 0 bridgehead atoms. The summed E-state index contributed by atoms with van der Waals surface area (Å²) in [5.41, 5.74) is 0.826. The Labute approximate surface area is 130 Å². The topological polar surface area (TPSA) is 90.7 Å². The lowest BCUT2D eigenvalue weighted by Crippen LogP contribution is -2.29. The van der Waals surface area contributed by atoms with Gasteiger partial charge in [-0.05, 0) is 24.3 Å². The lowest BCUT2D eigenvalue weighted by molar-refractivity contribution is 0.0955. The van der Waals surface area contributed by atoms with E-state index in [1.54, 1.807) is 12.1 Å². The zero-order chi connectivity index (χ0) is 15.1. The van der Waals surface area contributed by atoms with Gasteiger partial charge < -0.3 is 10.6 Å². The van der Waals surface area contributed by atoms with Crippen molar-refractivity contribution in [2.45, 2.75) is 0 Å². The molecule has 1 heterocycles. The van der Waals surface area contributed by atoms with Gasteiger partial charge in [0.1, 0.15) is 6.07 Å². The van der Waals surface area contributed by atoms with Gasteiger partial charge in [0.25, 0.3) is 5.91 Å². The molecule has 2 aromatic rings. The van der Waals surface area contributed by atoms with Crippen molar-refractivity contribution in [3.8, 4) is 6.07 Å². The van der Waals surface area contributed by atoms with Crippen LogP contribution in [0.4, 0.5) is 5.82 Å². The molecule has 0 aliphatic rings. The molecule has 0 aliphatic carbocycles. The molecule has 1 amide bonds. The predicted octanol–water partition coefficient (Wildman–Crippen LogP) is 1.95. The Balaban J connectivity index is 1.81. The van der Waals surface area contributed by atoms with Gasteiger partial charge in [-0.3, -0.25) is 4.79 Å². The van der Waals surface area contributed by atoms with Crippen molar-refractivity contribution in [2.24, 2.45) is 0 Å². The lowest BCUT2D eigenvalue weighted by atomic mass is 10.2. The summed E-state index contributed by atoms with van der Waals surface area (Å²) in [5.74, 6) is 0.266. The third-order valence-corrected chi connectivity index (χ3v) is 3.14. The lowest BCUT2D eigenvalue weighted by Gasteiger charge is -2.08. The van der Waals surface area contributed by atoms with Crippen molar-refractivity contribution >= 4 is 27.7 Å². The summed E-state index contributed by atoms with van der Waals surface area (Å²) < 4.78 is 0.924. The SMILES string of the molecule is N#Cc1nccnc1NCCNC(=O)c1ccc(Br)cc1. The van der Waals surface area contributed by atoms with Crippen LogP contribution >= 0.6 is 15.9 Å². The fraction of sp³-hybridized carbons (Fsp3) is 0.143. The molecule has 0 spiro atoms. The number of aromatic nitrogens is 2. The van der Waals surface area contributed by atoms with Crippen LogP contribution in [0.1, 0.15) is 16.1 Å². The van der Waals surface area contributed by atoms with Crippen molar-refractivity contribution in [1.29, 1.82) is 5.26 Å². The number of carbonyl (C=O) groups is 1. The molecule has 2 N–H and O–H groups in total. The van der Waals surface area contributed by atoms with E-state index < -0.39 is 0 Å². The maximum atomic E-state index is 11.9. The summed E-state index contributed by atoms with van der Waals surface area (Å²) in [4.78, 5) is 19.8. The van der Waals surface area contributed by atoms with Gasteiger partial charge in [0.15, 0.2) is 11.5 Å². The molecule has 0 saturated heterocycles. The summed E-state index contributed by atoms with van der Waals surface area (Å²) in [5, 5.41) is 14.6. The third kappa shape index (κ3) is 4.26. The van der Waals surface area contributed by atoms with Crippen LogP contribution in [0.3, 0.4) is 0 Å². The Morgan fingerprint density at radius 2 is 1.90 bits per heavy atom. The zero-order valence-corrected chi connectivity index (χ0v) is 12.6. The van der Waals surface area contributed by atoms with Crippen LogP contribution in [0, 0.1) is 11.3 Å². The van der Waals surface area contributed by atoms with Gasteiger partial charge in [0.05, 0.1) is 0 Å². The number of halogens is 1. The van der Waals surface area contributed by atoms with Crippen molar-refractivity contribution in [3.05, 3.63) is 52.4 Å². The van der Waals surface area contributed by atoms with Crippen LogP contribution in [-0.4, -0.2) is 29.0 Å². The first-order valence-electron chi connectivity index (χ1n) is 6.19. The van der Waals surface area contributed by atoms with Gasteiger partial charge in [-0.25, -0.2) is 9.97 Å². The third-order valence-electron chi connectivity index (χ3n) is 2.61. The second kappa shape index (κ2) is 7.36. The number of hydrogen-bond donors (Lipinski definition) is 2. The molecule has 7 heteroatoms. The van der Waals surface area contributed by atoms with Gasteiger partial charge in [-0.1, -0.05) is 15.9 Å². The molecule has 0 aliphatic heterocycles. The van der Waals surface area contributed by atoms with E-state index in [0.29, 0.717) is 24.5 Å². The summed E-state index contributed by atoms with van der Waals surface area (Å²) in [7, 11) is 0. The van der Waals surface area contributed by atoms with Gasteiger partial charge in [0.2, 0.25) is 0 Å². The predicted molar refractivity (Wildman–Crippen MR) is 81.7 cm³/mol. The highest BCUT2D eigenvalue weighted by Gasteiger charge is 2.05. The summed E-state index contributed by atoms with van der Waals surface area (Å²) in [6.45, 7) is 0.867. The number of benzene rings is 1. The van der Waals surface area contributed by atoms with Crippen molar-refractivity contribution in [2.75, 3.05) is 18.4 Å². The molecule has 0 unspecified atom stereocenters. The highest BCUT2D eigenvalue weighted by atomic mass is 79.9. The van der Waals surface area contributed by atoms with Crippen LogP contribution in [0.25, 0.3) is 0 Å². The molecule has 0 saturated carbocycles. The first-order chi connectivity index (χ1) is 10.2. The fourth-order valence-electron chi connectivity index (χ4n) is 1.61. The van der Waals surface area contributed by atoms with Crippen molar-refractivity contribution in [1.82, 2.24) is 15.3 Å². The quantitative estimate of drug-likeness (QED) is 0.808. The molecule has 0 atom stereocenters. The van der Waals surface area contributed by atoms with Crippen LogP contribution < -0.4 is 10.6 Å². The highest BCUT2D eigenvalue weighted by molar-refractivity contribution is 9.10. The standard InChI is InChI=1S/C14H12BrN5O/c15-11-3-1-10(2-4-11)14(21)20-8-7-19-13-12(9-16)17-5-6-18-13/h1-6H,7-8H2,(H,18,19)(H,20,21). The molecular weight excluding hydrogens is 334 g/mol. The molecule has 0 radical (unpaired) electrons. The number of hydrogen-bond acceptors (Lipinski definition) is 5. The molecule has 2 rings (SSSR count). The number of carbonyl (C=O) groups excluding carboxylic acids is 1. The molecule has 1 aromatic carbocycles. The minimum Gasteiger partial charge on any atom is -0.366 e. The average molecular weight is 346 g/mol. The normalized spacial score (nSPS) is 9.71. The summed E-state index contributed by atoms with van der Waals surface area (Å²) in [6.07, 6.45) is 2.96. The number of anilines is 1. The molecule has 21 heavy (non-hydrogen) atoms. The van der Waals surface area contributed by atoms with E-state index >= 15 is 0 Å². The largest absolute Gasteiger partial charge is 0.366 e.